The highest BCUT2D eigenvalue weighted by atomic mass is 16.6. The number of carbonyl (C=O) groups is 3. The monoisotopic (exact) mass is 344 g/mol. The van der Waals surface area contributed by atoms with Crippen LogP contribution >= 0.6 is 0 Å². The minimum atomic E-state index is -0.844. The van der Waals surface area contributed by atoms with E-state index in [-0.39, 0.29) is 5.92 Å². The van der Waals surface area contributed by atoms with Crippen LogP contribution in [0.15, 0.2) is 0 Å². The molecule has 2 amide bonds. The third-order valence-corrected chi connectivity index (χ3v) is 2.75. The number of hydrogen-bond donors (Lipinski definition) is 2. The number of amides is 2. The molecule has 140 valence electrons. The molecular formula is C17H32N2O5. The van der Waals surface area contributed by atoms with E-state index in [4.69, 9.17) is 9.47 Å². The summed E-state index contributed by atoms with van der Waals surface area (Å²) in [5, 5.41) is 5.07. The number of ether oxygens (including phenoxy) is 2. The standard InChI is InChI=1S/C17H32N2O5/c1-10(2)12(14(21)23-16(4,5)6)19-13(20)11(3)18-15(22)24-17(7,8)9/h10-12H,1-9H3,(H,18,22)(H,19,20)/t11-,12+/m0/s1. The largest absolute Gasteiger partial charge is 0.458 e. The molecule has 0 bridgehead atoms. The van der Waals surface area contributed by atoms with E-state index >= 15 is 0 Å². The van der Waals surface area contributed by atoms with Gasteiger partial charge in [-0.25, -0.2) is 9.59 Å². The molecule has 0 aromatic rings. The number of hydrogen-bond acceptors (Lipinski definition) is 5. The van der Waals surface area contributed by atoms with Crippen molar-refractivity contribution in [1.29, 1.82) is 0 Å². The molecule has 24 heavy (non-hydrogen) atoms. The highest BCUT2D eigenvalue weighted by molar-refractivity contribution is 5.89. The summed E-state index contributed by atoms with van der Waals surface area (Å²) in [5.41, 5.74) is -1.30. The van der Waals surface area contributed by atoms with Crippen molar-refractivity contribution in [2.75, 3.05) is 0 Å². The van der Waals surface area contributed by atoms with Crippen molar-refractivity contribution in [2.45, 2.75) is 85.6 Å². The van der Waals surface area contributed by atoms with Gasteiger partial charge in [-0.3, -0.25) is 4.79 Å². The topological polar surface area (TPSA) is 93.7 Å². The summed E-state index contributed by atoms with van der Waals surface area (Å²) in [7, 11) is 0. The van der Waals surface area contributed by atoms with Crippen LogP contribution in [0.1, 0.15) is 62.3 Å². The molecule has 7 heteroatoms. The van der Waals surface area contributed by atoms with E-state index in [9.17, 15) is 14.4 Å². The molecule has 0 fully saturated rings. The van der Waals surface area contributed by atoms with Crippen LogP contribution < -0.4 is 10.6 Å². The second-order valence-corrected chi connectivity index (χ2v) is 8.13. The van der Waals surface area contributed by atoms with Crippen LogP contribution in [0.3, 0.4) is 0 Å². The zero-order chi connectivity index (χ0) is 19.3. The van der Waals surface area contributed by atoms with Gasteiger partial charge in [0.1, 0.15) is 23.3 Å². The summed E-state index contributed by atoms with van der Waals surface area (Å²) < 4.78 is 10.4. The lowest BCUT2D eigenvalue weighted by Gasteiger charge is -2.27. The lowest BCUT2D eigenvalue weighted by atomic mass is 10.0. The molecule has 2 N–H and O–H groups in total. The Morgan fingerprint density at radius 1 is 0.792 bits per heavy atom. The average molecular weight is 344 g/mol. The van der Waals surface area contributed by atoms with Gasteiger partial charge in [-0.05, 0) is 54.4 Å². The third kappa shape index (κ3) is 9.37. The van der Waals surface area contributed by atoms with Crippen LogP contribution in [0.25, 0.3) is 0 Å². The van der Waals surface area contributed by atoms with Crippen LogP contribution in [0.5, 0.6) is 0 Å². The summed E-state index contributed by atoms with van der Waals surface area (Å²) in [4.78, 5) is 36.2. The molecule has 0 radical (unpaired) electrons. The molecule has 0 rings (SSSR count). The number of alkyl carbamates (subject to hydrolysis) is 1. The summed E-state index contributed by atoms with van der Waals surface area (Å²) in [6.45, 7) is 15.6. The van der Waals surface area contributed by atoms with Gasteiger partial charge in [0.2, 0.25) is 5.91 Å². The van der Waals surface area contributed by atoms with Crippen LogP contribution in [-0.4, -0.2) is 41.3 Å². The second-order valence-electron chi connectivity index (χ2n) is 8.13. The van der Waals surface area contributed by atoms with E-state index in [1.54, 1.807) is 55.4 Å². The van der Waals surface area contributed by atoms with Gasteiger partial charge in [-0.15, -0.1) is 0 Å². The maximum atomic E-state index is 12.2. The SMILES string of the molecule is CC(C)[C@@H](NC(=O)[C@H](C)NC(=O)OC(C)(C)C)C(=O)OC(C)(C)C. The van der Waals surface area contributed by atoms with Crippen molar-refractivity contribution in [3.05, 3.63) is 0 Å². The molecule has 0 spiro atoms. The number of esters is 1. The minimum absolute atomic E-state index is 0.155. The summed E-state index contributed by atoms with van der Waals surface area (Å²) in [6.07, 6.45) is -0.691. The Labute approximate surface area is 144 Å². The first-order chi connectivity index (χ1) is 10.6. The lowest BCUT2D eigenvalue weighted by molar-refractivity contribution is -0.160. The van der Waals surface area contributed by atoms with Gasteiger partial charge in [-0.1, -0.05) is 13.8 Å². The first-order valence-electron chi connectivity index (χ1n) is 8.15. The van der Waals surface area contributed by atoms with Gasteiger partial charge >= 0.3 is 12.1 Å². The number of rotatable bonds is 5. The van der Waals surface area contributed by atoms with Crippen molar-refractivity contribution in [2.24, 2.45) is 5.92 Å². The zero-order valence-corrected chi connectivity index (χ0v) is 16.3. The van der Waals surface area contributed by atoms with Crippen molar-refractivity contribution >= 4 is 18.0 Å². The van der Waals surface area contributed by atoms with Gasteiger partial charge in [0.25, 0.3) is 0 Å². The van der Waals surface area contributed by atoms with Crippen molar-refractivity contribution in [3.8, 4) is 0 Å². The van der Waals surface area contributed by atoms with E-state index in [1.807, 2.05) is 0 Å². The van der Waals surface area contributed by atoms with Crippen molar-refractivity contribution in [1.82, 2.24) is 10.6 Å². The van der Waals surface area contributed by atoms with E-state index in [2.05, 4.69) is 10.6 Å². The molecule has 2 atom stereocenters. The summed E-state index contributed by atoms with van der Waals surface area (Å²) >= 11 is 0. The molecule has 0 unspecified atom stereocenters. The van der Waals surface area contributed by atoms with E-state index in [1.165, 1.54) is 6.92 Å². The smallest absolute Gasteiger partial charge is 0.408 e. The Kier molecular flexibility index (Phi) is 7.73. The Bertz CT molecular complexity index is 461. The number of carbonyl (C=O) groups excluding carboxylic acids is 3. The fourth-order valence-corrected chi connectivity index (χ4v) is 1.69. The fourth-order valence-electron chi connectivity index (χ4n) is 1.69. The summed E-state index contributed by atoms with van der Waals surface area (Å²) in [5.74, 6) is -1.14. The Morgan fingerprint density at radius 3 is 1.62 bits per heavy atom. The maximum absolute atomic E-state index is 12.2. The summed E-state index contributed by atoms with van der Waals surface area (Å²) in [6, 6.07) is -1.64. The predicted octanol–water partition coefficient (Wildman–Crippen LogP) is 2.38. The molecule has 0 aliphatic rings. The van der Waals surface area contributed by atoms with Crippen LogP contribution in [-0.2, 0) is 19.1 Å². The van der Waals surface area contributed by atoms with E-state index in [0.717, 1.165) is 0 Å². The molecule has 0 saturated carbocycles. The van der Waals surface area contributed by atoms with Gasteiger partial charge in [0.05, 0.1) is 0 Å². The Balaban J connectivity index is 4.78. The maximum Gasteiger partial charge on any atom is 0.408 e. The van der Waals surface area contributed by atoms with E-state index in [0.29, 0.717) is 0 Å². The lowest BCUT2D eigenvalue weighted by Crippen LogP contribution is -2.53. The molecular weight excluding hydrogens is 312 g/mol. The van der Waals surface area contributed by atoms with Crippen LogP contribution in [0.2, 0.25) is 0 Å². The van der Waals surface area contributed by atoms with Gasteiger partial charge in [0.15, 0.2) is 0 Å². The molecule has 0 aliphatic carbocycles. The van der Waals surface area contributed by atoms with E-state index < -0.39 is 41.3 Å². The van der Waals surface area contributed by atoms with Gasteiger partial charge in [-0.2, -0.15) is 0 Å². The second kappa shape index (κ2) is 8.35. The predicted molar refractivity (Wildman–Crippen MR) is 91.4 cm³/mol. The minimum Gasteiger partial charge on any atom is -0.458 e. The fraction of sp³-hybridized carbons (Fsp3) is 0.824. The van der Waals surface area contributed by atoms with Gasteiger partial charge in [0, 0.05) is 0 Å². The highest BCUT2D eigenvalue weighted by Crippen LogP contribution is 2.12. The highest BCUT2D eigenvalue weighted by Gasteiger charge is 2.31. The molecule has 0 aromatic heterocycles. The normalized spacial score (nSPS) is 14.6. The first kappa shape index (κ1) is 22.2. The molecule has 0 aliphatic heterocycles. The molecule has 7 nitrogen and oxygen atoms in total. The Morgan fingerprint density at radius 2 is 1.25 bits per heavy atom. The van der Waals surface area contributed by atoms with Crippen LogP contribution in [0, 0.1) is 5.92 Å². The van der Waals surface area contributed by atoms with Crippen LogP contribution in [0.4, 0.5) is 4.79 Å². The zero-order valence-electron chi connectivity index (χ0n) is 16.3. The van der Waals surface area contributed by atoms with Crippen molar-refractivity contribution in [3.63, 3.8) is 0 Å². The Hall–Kier alpha value is -1.79. The van der Waals surface area contributed by atoms with Gasteiger partial charge < -0.3 is 20.1 Å². The third-order valence-electron chi connectivity index (χ3n) is 2.75. The average Bonchev–Trinajstić information content (AvgIpc) is 2.29. The first-order valence-corrected chi connectivity index (χ1v) is 8.15. The molecule has 0 heterocycles. The quantitative estimate of drug-likeness (QED) is 0.747. The van der Waals surface area contributed by atoms with Crippen molar-refractivity contribution < 1.29 is 23.9 Å². The number of nitrogens with one attached hydrogen (secondary N) is 2. The molecule has 0 aromatic carbocycles. The molecule has 0 saturated heterocycles.